The zero-order valence-electron chi connectivity index (χ0n) is 34.7. The first-order valence-corrected chi connectivity index (χ1v) is 20.8. The maximum absolute atomic E-state index is 11.3. The van der Waals surface area contributed by atoms with E-state index in [2.05, 4.69) is 0 Å². The summed E-state index contributed by atoms with van der Waals surface area (Å²) in [7, 11) is 0. The van der Waals surface area contributed by atoms with Crippen molar-refractivity contribution in [2.75, 3.05) is 26.4 Å². The van der Waals surface area contributed by atoms with Crippen LogP contribution in [0.4, 0.5) is 0 Å². The molecule has 380 valence electrons. The lowest BCUT2D eigenvalue weighted by Crippen LogP contribution is -2.66. The van der Waals surface area contributed by atoms with Gasteiger partial charge in [-0.25, -0.2) is 0 Å². The number of aliphatic hydroxyl groups excluding tert-OH is 18. The van der Waals surface area contributed by atoms with Gasteiger partial charge in [0.25, 0.3) is 0 Å². The molecule has 29 heteroatoms. The molecule has 6 aliphatic heterocycles. The minimum atomic E-state index is -2.07. The van der Waals surface area contributed by atoms with E-state index in [4.69, 9.17) is 52.1 Å². The Balaban J connectivity index is 1.06. The highest BCUT2D eigenvalue weighted by Crippen LogP contribution is 2.35. The monoisotopic (exact) mass is 958 g/mol. The summed E-state index contributed by atoms with van der Waals surface area (Å²) in [5, 5.41) is 188. The molecule has 0 aromatic carbocycles. The van der Waals surface area contributed by atoms with Gasteiger partial charge in [-0.05, 0) is 13.8 Å². The van der Waals surface area contributed by atoms with Gasteiger partial charge in [0.15, 0.2) is 37.7 Å². The second-order valence-electron chi connectivity index (χ2n) is 16.8. The zero-order chi connectivity index (χ0) is 47.9. The predicted octanol–water partition coefficient (Wildman–Crippen LogP) is -12.0. The molecule has 6 heterocycles. The van der Waals surface area contributed by atoms with Crippen LogP contribution < -0.4 is 0 Å². The smallest absolute Gasteiger partial charge is 0.187 e. The van der Waals surface area contributed by atoms with Crippen molar-refractivity contribution in [3.63, 3.8) is 0 Å². The number of hydrogen-bond acceptors (Lipinski definition) is 29. The summed E-state index contributed by atoms with van der Waals surface area (Å²) >= 11 is 0. The molecular formula is C36H62O29. The third-order valence-electron chi connectivity index (χ3n) is 12.3. The molecule has 0 aromatic heterocycles. The van der Waals surface area contributed by atoms with Crippen molar-refractivity contribution in [2.24, 2.45) is 0 Å². The van der Waals surface area contributed by atoms with Crippen molar-refractivity contribution in [1.82, 2.24) is 0 Å². The SMILES string of the molecule is C[C@@H]1O[C@@H](O)[C@H](O)[C@H](O)[C@H]1O[C@@H]1O[C@H](CO[C@H]2O[C@H](CO)[C@H](O)[C@H](O[C@@H]3O[C@@H](C)[C@H](O[C@@H]4O[C@H](CO[C@H]5O[C@H](CO)[C@H](O)[C@H](O)[C@H]5O)[C@@H](O)[C@H](O)[C@@H]4O)[C@@H](O)[C@H]3O)[C@H]2O)[C@@H](O)[C@H](O)[C@@H]1O. The predicted molar refractivity (Wildman–Crippen MR) is 196 cm³/mol. The van der Waals surface area contributed by atoms with Crippen molar-refractivity contribution < 1.29 is 144 Å². The molecular weight excluding hydrogens is 896 g/mol. The second kappa shape index (κ2) is 22.3. The molecule has 0 radical (unpaired) electrons. The van der Waals surface area contributed by atoms with Crippen molar-refractivity contribution in [2.45, 2.75) is 198 Å². The van der Waals surface area contributed by atoms with Crippen LogP contribution in [0.2, 0.25) is 0 Å². The van der Waals surface area contributed by atoms with Gasteiger partial charge in [0.1, 0.15) is 134 Å². The first kappa shape index (κ1) is 53.2. The van der Waals surface area contributed by atoms with Gasteiger partial charge in [0.2, 0.25) is 0 Å². The standard InChI is InChI=1S/C36H62O29/c1-7-28(20(46)22(48)31(54)57-7)63-35-24(50)19(45)15(41)12(62-35)6-56-33-27(53)30(16(42)10(4-38)60-33)65-34-26(52)21(47)29(8(2)58-34)64-36-25(51)18(44)14(40)11(61-36)5-55-32-23(49)17(43)13(39)9(3-37)59-32/h7-54H,3-6H2,1-2H3/t7-,8-,9+,10+,11+,12+,13-,14+,15+,16-,17-,18-,19-,20-,21-,22+,23+,24-,25-,26+,27+,28-,29-,30-,31+,32-,33-,34-,35-,36-/m0/s1. The molecule has 65 heavy (non-hydrogen) atoms. The van der Waals surface area contributed by atoms with Crippen LogP contribution >= 0.6 is 0 Å². The largest absolute Gasteiger partial charge is 0.394 e. The first-order chi connectivity index (χ1) is 30.6. The van der Waals surface area contributed by atoms with Gasteiger partial charge in [-0.15, -0.1) is 0 Å². The lowest BCUT2D eigenvalue weighted by molar-refractivity contribution is -0.382. The summed E-state index contributed by atoms with van der Waals surface area (Å²) in [4.78, 5) is 0. The minimum Gasteiger partial charge on any atom is -0.394 e. The summed E-state index contributed by atoms with van der Waals surface area (Å²) < 4.78 is 60.9. The minimum absolute atomic E-state index is 0.701. The Morgan fingerprint density at radius 3 is 1.12 bits per heavy atom. The quantitative estimate of drug-likeness (QED) is 0.0768. The molecule has 29 nitrogen and oxygen atoms in total. The molecule has 6 rings (SSSR count). The van der Waals surface area contributed by atoms with Gasteiger partial charge < -0.3 is 144 Å². The van der Waals surface area contributed by atoms with Crippen LogP contribution in [-0.4, -0.2) is 303 Å². The summed E-state index contributed by atoms with van der Waals surface area (Å²) in [5.74, 6) is 0. The van der Waals surface area contributed by atoms with E-state index in [0.29, 0.717) is 0 Å². The van der Waals surface area contributed by atoms with Gasteiger partial charge in [-0.2, -0.15) is 0 Å². The van der Waals surface area contributed by atoms with Crippen LogP contribution in [-0.2, 0) is 52.1 Å². The third-order valence-corrected chi connectivity index (χ3v) is 12.3. The average molecular weight is 959 g/mol. The van der Waals surface area contributed by atoms with E-state index in [9.17, 15) is 91.9 Å². The highest BCUT2D eigenvalue weighted by molar-refractivity contribution is 4.98. The normalized spacial score (nSPS) is 54.6. The Labute approximate surface area is 368 Å². The fourth-order valence-electron chi connectivity index (χ4n) is 8.25. The molecule has 30 atom stereocenters. The molecule has 18 N–H and O–H groups in total. The molecule has 6 saturated heterocycles. The van der Waals surface area contributed by atoms with Gasteiger partial charge in [0, 0.05) is 0 Å². The molecule has 6 fully saturated rings. The Morgan fingerprint density at radius 2 is 0.646 bits per heavy atom. The lowest BCUT2D eigenvalue weighted by atomic mass is 9.96. The molecule has 0 amide bonds. The number of ether oxygens (including phenoxy) is 11. The van der Waals surface area contributed by atoms with E-state index in [1.165, 1.54) is 13.8 Å². The van der Waals surface area contributed by atoms with Crippen LogP contribution in [0.25, 0.3) is 0 Å². The van der Waals surface area contributed by atoms with Crippen molar-refractivity contribution in [3.8, 4) is 0 Å². The van der Waals surface area contributed by atoms with Crippen molar-refractivity contribution >= 4 is 0 Å². The molecule has 0 bridgehead atoms. The molecule has 6 aliphatic rings. The van der Waals surface area contributed by atoms with Crippen LogP contribution in [0, 0.1) is 0 Å². The number of hydrogen-bond donors (Lipinski definition) is 18. The number of aliphatic hydroxyl groups is 18. The van der Waals surface area contributed by atoms with E-state index in [0.717, 1.165) is 0 Å². The molecule has 0 aliphatic carbocycles. The Hall–Kier alpha value is -1.16. The van der Waals surface area contributed by atoms with Crippen LogP contribution in [0.5, 0.6) is 0 Å². The van der Waals surface area contributed by atoms with Crippen molar-refractivity contribution in [3.05, 3.63) is 0 Å². The van der Waals surface area contributed by atoms with E-state index in [1.54, 1.807) is 0 Å². The summed E-state index contributed by atoms with van der Waals surface area (Å²) in [6.07, 6.45) is -52.4. The van der Waals surface area contributed by atoms with Gasteiger partial charge in [0.05, 0.1) is 38.6 Å². The Morgan fingerprint density at radius 1 is 0.308 bits per heavy atom. The average Bonchev–Trinajstić information content (AvgIpc) is 3.28. The zero-order valence-corrected chi connectivity index (χ0v) is 34.7. The molecule has 0 unspecified atom stereocenters. The molecule has 0 saturated carbocycles. The topological polar surface area (TPSA) is 466 Å². The van der Waals surface area contributed by atoms with Crippen LogP contribution in [0.3, 0.4) is 0 Å². The van der Waals surface area contributed by atoms with E-state index >= 15 is 0 Å². The maximum Gasteiger partial charge on any atom is 0.187 e. The van der Waals surface area contributed by atoms with Gasteiger partial charge in [-0.3, -0.25) is 0 Å². The van der Waals surface area contributed by atoms with Crippen LogP contribution in [0.15, 0.2) is 0 Å². The van der Waals surface area contributed by atoms with Gasteiger partial charge >= 0.3 is 0 Å². The third kappa shape index (κ3) is 11.1. The first-order valence-electron chi connectivity index (χ1n) is 20.8. The van der Waals surface area contributed by atoms with E-state index < -0.39 is 211 Å². The molecule has 0 spiro atoms. The number of rotatable bonds is 14. The highest BCUT2D eigenvalue weighted by Gasteiger charge is 2.55. The van der Waals surface area contributed by atoms with Crippen LogP contribution in [0.1, 0.15) is 13.8 Å². The Kier molecular flexibility index (Phi) is 18.2. The summed E-state index contributed by atoms with van der Waals surface area (Å²) in [5.41, 5.74) is 0. The van der Waals surface area contributed by atoms with E-state index in [-0.39, 0.29) is 0 Å². The second-order valence-corrected chi connectivity index (χ2v) is 16.8. The lowest BCUT2D eigenvalue weighted by Gasteiger charge is -2.48. The Bertz CT molecular complexity index is 1470. The maximum atomic E-state index is 11.3. The molecule has 0 aromatic rings. The fraction of sp³-hybridized carbons (Fsp3) is 1.00. The van der Waals surface area contributed by atoms with E-state index in [1.807, 2.05) is 0 Å². The van der Waals surface area contributed by atoms with Gasteiger partial charge in [-0.1, -0.05) is 0 Å². The van der Waals surface area contributed by atoms with Crippen molar-refractivity contribution in [1.29, 1.82) is 0 Å². The summed E-state index contributed by atoms with van der Waals surface area (Å²) in [6, 6.07) is 0. The highest BCUT2D eigenvalue weighted by atomic mass is 16.8. The fourth-order valence-corrected chi connectivity index (χ4v) is 8.25. The summed E-state index contributed by atoms with van der Waals surface area (Å²) in [6.45, 7) is -0.450.